The second kappa shape index (κ2) is 17.0. The minimum absolute atomic E-state index is 0.108. The molecular formula is C51H53N11O4. The molecule has 1 unspecified atom stereocenters. The average molecular weight is 884 g/mol. The molecule has 0 bridgehead atoms. The molecule has 3 fully saturated rings. The molecule has 3 aliphatic rings. The fourth-order valence-electron chi connectivity index (χ4n) is 10.8. The fourth-order valence-corrected chi connectivity index (χ4v) is 10.8. The number of pyridine rings is 1. The first kappa shape index (κ1) is 41.6. The summed E-state index contributed by atoms with van der Waals surface area (Å²) in [5.41, 5.74) is 10.5. The molecule has 3 aliphatic heterocycles. The van der Waals surface area contributed by atoms with Gasteiger partial charge in [0.05, 0.1) is 28.9 Å². The van der Waals surface area contributed by atoms with Crippen molar-refractivity contribution in [2.24, 2.45) is 20.0 Å². The van der Waals surface area contributed by atoms with Crippen LogP contribution in [-0.2, 0) is 36.8 Å². The second-order valence-electron chi connectivity index (χ2n) is 18.5. The first-order valence-corrected chi connectivity index (χ1v) is 23.2. The number of nitrogens with zero attached hydrogens (tertiary/aromatic N) is 9. The van der Waals surface area contributed by atoms with Crippen molar-refractivity contribution >= 4 is 50.7 Å². The number of hydrogen-bond acceptors (Lipinski definition) is 8. The molecule has 3 aromatic carbocycles. The van der Waals surface area contributed by atoms with Crippen LogP contribution in [0, 0.1) is 5.92 Å². The number of carbonyl (C=O) groups excluding carboxylic acids is 3. The van der Waals surface area contributed by atoms with Crippen LogP contribution >= 0.6 is 0 Å². The van der Waals surface area contributed by atoms with Crippen molar-refractivity contribution in [1.82, 2.24) is 53.8 Å². The number of aryl methyl sites for hydroxylation is 3. The second-order valence-corrected chi connectivity index (χ2v) is 18.5. The molecule has 0 radical (unpaired) electrons. The van der Waals surface area contributed by atoms with E-state index >= 15 is 0 Å². The van der Waals surface area contributed by atoms with E-state index in [4.69, 9.17) is 4.98 Å². The van der Waals surface area contributed by atoms with Gasteiger partial charge in [-0.2, -0.15) is 10.2 Å². The molecule has 66 heavy (non-hydrogen) atoms. The third kappa shape index (κ3) is 7.60. The minimum atomic E-state index is -0.738. The number of H-pyrrole nitrogens is 1. The molecule has 15 heteroatoms. The zero-order valence-electron chi connectivity index (χ0n) is 37.3. The number of rotatable bonds is 10. The third-order valence-corrected chi connectivity index (χ3v) is 14.6. The zero-order chi connectivity index (χ0) is 45.1. The van der Waals surface area contributed by atoms with Gasteiger partial charge in [0.1, 0.15) is 11.7 Å². The Kier molecular flexibility index (Phi) is 10.7. The Bertz CT molecular complexity index is 3210. The highest BCUT2D eigenvalue weighted by Gasteiger charge is 2.32. The van der Waals surface area contributed by atoms with Gasteiger partial charge in [0, 0.05) is 92.2 Å². The number of amides is 3. The third-order valence-electron chi connectivity index (χ3n) is 14.6. The topological polar surface area (TPSA) is 161 Å². The number of nitrogens with one attached hydrogen (secondary N) is 2. The van der Waals surface area contributed by atoms with Crippen LogP contribution in [0.15, 0.2) is 102 Å². The normalized spacial score (nSPS) is 18.0. The van der Waals surface area contributed by atoms with Crippen molar-refractivity contribution in [3.63, 3.8) is 0 Å². The summed E-state index contributed by atoms with van der Waals surface area (Å²) in [6, 6.07) is 24.2. The summed E-state index contributed by atoms with van der Waals surface area (Å²) in [6.45, 7) is 5.14. The Morgan fingerprint density at radius 3 is 2.44 bits per heavy atom. The van der Waals surface area contributed by atoms with Gasteiger partial charge in [-0.05, 0) is 123 Å². The van der Waals surface area contributed by atoms with E-state index < -0.39 is 11.9 Å². The van der Waals surface area contributed by atoms with Crippen LogP contribution in [0.4, 0.5) is 0 Å². The van der Waals surface area contributed by atoms with Crippen LogP contribution in [0.5, 0.6) is 0 Å². The van der Waals surface area contributed by atoms with Gasteiger partial charge >= 0.3 is 5.69 Å². The van der Waals surface area contributed by atoms with E-state index in [9.17, 15) is 19.2 Å². The molecule has 11 rings (SSSR count). The quantitative estimate of drug-likeness (QED) is 0.140. The number of likely N-dealkylation sites (tertiary alicyclic amines) is 2. The van der Waals surface area contributed by atoms with Crippen LogP contribution in [-0.4, -0.2) is 92.4 Å². The van der Waals surface area contributed by atoms with E-state index in [2.05, 4.69) is 79.6 Å². The van der Waals surface area contributed by atoms with E-state index in [1.165, 1.54) is 26.8 Å². The summed E-state index contributed by atoms with van der Waals surface area (Å²) in [6.07, 6.45) is 13.1. The molecule has 0 spiro atoms. The van der Waals surface area contributed by atoms with Crippen LogP contribution in [0.1, 0.15) is 78.5 Å². The molecule has 8 heterocycles. The number of aromatic nitrogens is 8. The first-order valence-electron chi connectivity index (χ1n) is 23.2. The molecule has 15 nitrogen and oxygen atoms in total. The van der Waals surface area contributed by atoms with Crippen molar-refractivity contribution in [3.05, 3.63) is 125 Å². The number of para-hydroxylation sites is 1. The van der Waals surface area contributed by atoms with E-state index in [1.807, 2.05) is 64.7 Å². The largest absolute Gasteiger partial charge is 0.339 e. The summed E-state index contributed by atoms with van der Waals surface area (Å²) in [5.74, 6) is 0.302. The van der Waals surface area contributed by atoms with Crippen LogP contribution in [0.2, 0.25) is 0 Å². The minimum Gasteiger partial charge on any atom is -0.339 e. The molecule has 0 aliphatic carbocycles. The lowest BCUT2D eigenvalue weighted by Gasteiger charge is -2.33. The fraction of sp³-hybridized carbons (Fsp3) is 0.353. The number of piperidine rings is 3. The summed E-state index contributed by atoms with van der Waals surface area (Å²) in [7, 11) is 3.83. The lowest BCUT2D eigenvalue weighted by Crippen LogP contribution is -2.44. The number of imidazole rings is 1. The molecule has 336 valence electrons. The van der Waals surface area contributed by atoms with Gasteiger partial charge in [-0.1, -0.05) is 30.3 Å². The summed E-state index contributed by atoms with van der Waals surface area (Å²) >= 11 is 0. The maximum absolute atomic E-state index is 13.7. The van der Waals surface area contributed by atoms with E-state index in [1.54, 1.807) is 11.6 Å². The molecule has 0 saturated carbocycles. The van der Waals surface area contributed by atoms with Crippen molar-refractivity contribution in [1.29, 1.82) is 0 Å². The molecular weight excluding hydrogens is 831 g/mol. The maximum Gasteiger partial charge on any atom is 0.329 e. The van der Waals surface area contributed by atoms with Gasteiger partial charge in [0.15, 0.2) is 0 Å². The van der Waals surface area contributed by atoms with E-state index in [-0.39, 0.29) is 30.3 Å². The Morgan fingerprint density at radius 1 is 0.818 bits per heavy atom. The lowest BCUT2D eigenvalue weighted by molar-refractivity contribution is -0.135. The Hall–Kier alpha value is -7.13. The van der Waals surface area contributed by atoms with Gasteiger partial charge in [0.2, 0.25) is 11.8 Å². The SMILES string of the molecule is Cn1c(CN2CCC(c3ccc(C(=O)N4CCC(CCn5cc(-c6cccc7c6n(C)c(=O)n7C6CCC(=O)NC6=O)cn5)CC4)cc3)CC2)cc2c(-c3ccc4[nH]ncc4c3)ccnc21. The van der Waals surface area contributed by atoms with Gasteiger partial charge in [-0.15, -0.1) is 0 Å². The highest BCUT2D eigenvalue weighted by Crippen LogP contribution is 2.35. The zero-order valence-corrected chi connectivity index (χ0v) is 37.3. The summed E-state index contributed by atoms with van der Waals surface area (Å²) in [5, 5.41) is 16.5. The van der Waals surface area contributed by atoms with Crippen LogP contribution in [0.3, 0.4) is 0 Å². The first-order chi connectivity index (χ1) is 32.2. The molecule has 3 saturated heterocycles. The van der Waals surface area contributed by atoms with Crippen LogP contribution in [0.25, 0.3) is 55.2 Å². The van der Waals surface area contributed by atoms with Crippen molar-refractivity contribution in [3.8, 4) is 22.3 Å². The van der Waals surface area contributed by atoms with E-state index in [0.29, 0.717) is 17.4 Å². The summed E-state index contributed by atoms with van der Waals surface area (Å²) < 4.78 is 7.28. The Morgan fingerprint density at radius 2 is 1.64 bits per heavy atom. The Labute approximate surface area is 381 Å². The van der Waals surface area contributed by atoms with Gasteiger partial charge in [-0.25, -0.2) is 9.78 Å². The molecule has 3 amide bonds. The number of fused-ring (bicyclic) bond motifs is 3. The van der Waals surface area contributed by atoms with Crippen LogP contribution < -0.4 is 11.0 Å². The number of carbonyl (C=O) groups is 3. The van der Waals surface area contributed by atoms with Crippen molar-refractivity contribution in [2.45, 2.75) is 70.0 Å². The maximum atomic E-state index is 13.7. The standard InChI is InChI=1S/C51H53N11O4/c1-57-39(27-42-40(14-20-52-48(42)57)36-10-11-43-37(26-36)28-53-56-43)31-59-21-18-34(19-22-59)33-6-8-35(9-7-33)50(65)60-23-15-32(16-24-60)17-25-61-30-38(29-54-61)41-4-3-5-44-47(41)58(2)51(66)62(44)45-12-13-46(63)55-49(45)64/h3-11,14,20,26-30,32,34,45H,12-13,15-19,21-25,31H2,1-2H3,(H,53,56)(H,55,63,64). The number of benzene rings is 3. The van der Waals surface area contributed by atoms with Crippen molar-refractivity contribution in [2.75, 3.05) is 26.2 Å². The highest BCUT2D eigenvalue weighted by atomic mass is 16.2. The van der Waals surface area contributed by atoms with Gasteiger partial charge in [-0.3, -0.25) is 43.5 Å². The molecule has 8 aromatic rings. The number of hydrogen-bond donors (Lipinski definition) is 2. The summed E-state index contributed by atoms with van der Waals surface area (Å²) in [4.78, 5) is 60.9. The number of aromatic amines is 1. The lowest BCUT2D eigenvalue weighted by atomic mass is 9.88. The average Bonchev–Trinajstić information content (AvgIpc) is 4.14. The smallest absolute Gasteiger partial charge is 0.329 e. The van der Waals surface area contributed by atoms with Crippen molar-refractivity contribution < 1.29 is 14.4 Å². The molecule has 5 aromatic heterocycles. The molecule has 1 atom stereocenters. The highest BCUT2D eigenvalue weighted by molar-refractivity contribution is 6.01. The number of imide groups is 1. The van der Waals surface area contributed by atoms with Gasteiger partial charge in [0.25, 0.3) is 5.91 Å². The predicted octanol–water partition coefficient (Wildman–Crippen LogP) is 6.93. The Balaban J connectivity index is 0.663. The molecule has 2 N–H and O–H groups in total. The predicted molar refractivity (Wildman–Crippen MR) is 253 cm³/mol. The van der Waals surface area contributed by atoms with Gasteiger partial charge < -0.3 is 9.47 Å². The monoisotopic (exact) mass is 883 g/mol. The van der Waals surface area contributed by atoms with E-state index in [0.717, 1.165) is 116 Å².